The number of para-hydroxylation sites is 2. The van der Waals surface area contributed by atoms with Crippen LogP contribution in [0.25, 0.3) is 11.0 Å². The van der Waals surface area contributed by atoms with Crippen LogP contribution in [-0.4, -0.2) is 50.2 Å². The maximum Gasteiger partial charge on any atom is 0.271 e. The Morgan fingerprint density at radius 3 is 2.53 bits per heavy atom. The maximum atomic E-state index is 13.7. The minimum atomic E-state index is -2.77. The number of aliphatic hydroxyl groups is 1. The predicted molar refractivity (Wildman–Crippen MR) is 130 cm³/mol. The molecule has 0 saturated heterocycles. The van der Waals surface area contributed by atoms with Crippen LogP contribution >= 0.6 is 11.3 Å². The lowest BCUT2D eigenvalue weighted by Gasteiger charge is -2.34. The van der Waals surface area contributed by atoms with Gasteiger partial charge in [-0.3, -0.25) is 19.8 Å². The van der Waals surface area contributed by atoms with Gasteiger partial charge < -0.3 is 10.4 Å². The molecule has 1 aliphatic rings. The van der Waals surface area contributed by atoms with Crippen LogP contribution in [0.15, 0.2) is 48.0 Å². The van der Waals surface area contributed by atoms with Crippen LogP contribution in [0.4, 0.5) is 8.78 Å². The van der Waals surface area contributed by atoms with E-state index in [1.165, 1.54) is 17.5 Å². The summed E-state index contributed by atoms with van der Waals surface area (Å²) in [7, 11) is 0. The number of hydrogen-bond acceptors (Lipinski definition) is 7. The molecule has 1 fully saturated rings. The fourth-order valence-electron chi connectivity index (χ4n) is 4.72. The molecule has 3 atom stereocenters. The number of fused-ring (bicyclic) bond motifs is 1. The molecule has 36 heavy (non-hydrogen) atoms. The molecule has 2 heterocycles. The highest BCUT2D eigenvalue weighted by Crippen LogP contribution is 2.40. The van der Waals surface area contributed by atoms with Gasteiger partial charge in [0.05, 0.1) is 29.4 Å². The summed E-state index contributed by atoms with van der Waals surface area (Å²) in [6.07, 6.45) is -0.133. The van der Waals surface area contributed by atoms with Crippen molar-refractivity contribution in [3.63, 3.8) is 0 Å². The van der Waals surface area contributed by atoms with Crippen molar-refractivity contribution in [2.75, 3.05) is 0 Å². The SMILES string of the molecule is O=C(NC(Cc1cccs1)C(O)CC(C(=O)NO)C1CCC(F)(F)CC1)c1cnc2ccccc2n1. The van der Waals surface area contributed by atoms with Gasteiger partial charge >= 0.3 is 0 Å². The quantitative estimate of drug-likeness (QED) is 0.253. The van der Waals surface area contributed by atoms with Gasteiger partial charge in [-0.15, -0.1) is 11.3 Å². The molecule has 2 aromatic heterocycles. The number of halogens is 2. The number of hydroxylamine groups is 1. The average molecular weight is 519 g/mol. The highest BCUT2D eigenvalue weighted by atomic mass is 32.1. The van der Waals surface area contributed by atoms with E-state index in [-0.39, 0.29) is 37.8 Å². The Morgan fingerprint density at radius 1 is 1.14 bits per heavy atom. The van der Waals surface area contributed by atoms with Gasteiger partial charge in [0.2, 0.25) is 11.8 Å². The fraction of sp³-hybridized carbons (Fsp3) is 0.440. The lowest BCUT2D eigenvalue weighted by molar-refractivity contribution is -0.139. The van der Waals surface area contributed by atoms with E-state index < -0.39 is 41.7 Å². The molecule has 3 aromatic rings. The number of aliphatic hydroxyl groups excluding tert-OH is 1. The number of nitrogens with zero attached hydrogens (tertiary/aromatic N) is 2. The van der Waals surface area contributed by atoms with Crippen LogP contribution in [-0.2, 0) is 11.2 Å². The summed E-state index contributed by atoms with van der Waals surface area (Å²) < 4.78 is 27.3. The summed E-state index contributed by atoms with van der Waals surface area (Å²) in [5, 5.41) is 25.1. The molecular weight excluding hydrogens is 490 g/mol. The zero-order valence-corrected chi connectivity index (χ0v) is 20.3. The molecule has 0 bridgehead atoms. The molecule has 1 aromatic carbocycles. The Bertz CT molecular complexity index is 1180. The Morgan fingerprint density at radius 2 is 1.86 bits per heavy atom. The van der Waals surface area contributed by atoms with Crippen LogP contribution in [0.2, 0.25) is 0 Å². The summed E-state index contributed by atoms with van der Waals surface area (Å²) in [5.41, 5.74) is 2.88. The van der Waals surface area contributed by atoms with Gasteiger partial charge in [-0.1, -0.05) is 18.2 Å². The third-order valence-electron chi connectivity index (χ3n) is 6.74. The van der Waals surface area contributed by atoms with Crippen LogP contribution in [0.3, 0.4) is 0 Å². The topological polar surface area (TPSA) is 124 Å². The monoisotopic (exact) mass is 518 g/mol. The molecule has 192 valence electrons. The normalized spacial score (nSPS) is 18.3. The molecule has 0 radical (unpaired) electrons. The van der Waals surface area contributed by atoms with Crippen molar-refractivity contribution < 1.29 is 28.7 Å². The second kappa shape index (κ2) is 11.4. The zero-order chi connectivity index (χ0) is 25.7. The van der Waals surface area contributed by atoms with Crippen molar-refractivity contribution in [3.05, 3.63) is 58.5 Å². The first-order valence-electron chi connectivity index (χ1n) is 11.8. The first kappa shape index (κ1) is 26.1. The van der Waals surface area contributed by atoms with Crippen molar-refractivity contribution in [1.29, 1.82) is 0 Å². The van der Waals surface area contributed by atoms with Crippen molar-refractivity contribution in [1.82, 2.24) is 20.8 Å². The Kier molecular flexibility index (Phi) is 8.22. The molecule has 0 aliphatic heterocycles. The zero-order valence-electron chi connectivity index (χ0n) is 19.4. The number of carbonyl (C=O) groups excluding carboxylic acids is 2. The summed E-state index contributed by atoms with van der Waals surface area (Å²) in [6.45, 7) is 0. The molecule has 1 aliphatic carbocycles. The van der Waals surface area contributed by atoms with Gasteiger partial charge in [0.1, 0.15) is 5.69 Å². The van der Waals surface area contributed by atoms with Gasteiger partial charge in [0.15, 0.2) is 0 Å². The molecule has 8 nitrogen and oxygen atoms in total. The van der Waals surface area contributed by atoms with E-state index in [9.17, 15) is 28.7 Å². The number of nitrogens with one attached hydrogen (secondary N) is 2. The summed E-state index contributed by atoms with van der Waals surface area (Å²) >= 11 is 1.46. The van der Waals surface area contributed by atoms with Crippen LogP contribution in [0.1, 0.15) is 47.5 Å². The van der Waals surface area contributed by atoms with Gasteiger partial charge in [-0.05, 0) is 48.8 Å². The number of aromatic nitrogens is 2. The number of amides is 2. The fourth-order valence-corrected chi connectivity index (χ4v) is 5.49. The van der Waals surface area contributed by atoms with E-state index in [4.69, 9.17) is 0 Å². The average Bonchev–Trinajstić information content (AvgIpc) is 3.39. The maximum absolute atomic E-state index is 13.7. The smallest absolute Gasteiger partial charge is 0.271 e. The molecule has 4 N–H and O–H groups in total. The summed E-state index contributed by atoms with van der Waals surface area (Å²) in [5.74, 6) is -5.34. The minimum absolute atomic E-state index is 0.0799. The van der Waals surface area contributed by atoms with Crippen molar-refractivity contribution >= 4 is 34.2 Å². The third kappa shape index (κ3) is 6.40. The lowest BCUT2D eigenvalue weighted by atomic mass is 9.75. The lowest BCUT2D eigenvalue weighted by Crippen LogP contribution is -2.48. The number of benzene rings is 1. The first-order chi connectivity index (χ1) is 17.3. The summed E-state index contributed by atoms with van der Waals surface area (Å²) in [6, 6.07) is 10.1. The van der Waals surface area contributed by atoms with Gasteiger partial charge in [0.25, 0.3) is 5.91 Å². The molecule has 4 rings (SSSR count). The van der Waals surface area contributed by atoms with Crippen molar-refractivity contribution in [3.8, 4) is 0 Å². The van der Waals surface area contributed by atoms with E-state index in [0.29, 0.717) is 17.5 Å². The van der Waals surface area contributed by atoms with Crippen LogP contribution < -0.4 is 10.8 Å². The molecule has 1 saturated carbocycles. The van der Waals surface area contributed by atoms with E-state index in [0.717, 1.165) is 4.88 Å². The molecule has 11 heteroatoms. The molecule has 0 spiro atoms. The molecular formula is C25H28F2N4O4S. The number of thiophene rings is 1. The highest BCUT2D eigenvalue weighted by Gasteiger charge is 2.41. The largest absolute Gasteiger partial charge is 0.391 e. The number of alkyl halides is 2. The van der Waals surface area contributed by atoms with Crippen molar-refractivity contribution in [2.24, 2.45) is 11.8 Å². The predicted octanol–water partition coefficient (Wildman–Crippen LogP) is 3.73. The van der Waals surface area contributed by atoms with Crippen molar-refractivity contribution in [2.45, 2.75) is 56.6 Å². The van der Waals surface area contributed by atoms with Crippen LogP contribution in [0, 0.1) is 11.8 Å². The van der Waals surface area contributed by atoms with Gasteiger partial charge in [0, 0.05) is 30.1 Å². The highest BCUT2D eigenvalue weighted by molar-refractivity contribution is 7.09. The second-order valence-electron chi connectivity index (χ2n) is 9.19. The molecule has 2 amide bonds. The second-order valence-corrected chi connectivity index (χ2v) is 10.2. The number of rotatable bonds is 9. The Labute approximate surface area is 210 Å². The standard InChI is InChI=1S/C25H28F2N4O4S/c26-25(27)9-7-15(8-10-25)17(23(33)31-35)13-22(32)20(12-16-4-3-11-36-16)30-24(34)21-14-28-18-5-1-2-6-19(18)29-21/h1-6,11,14-15,17,20,22,32,35H,7-10,12-13H2,(H,30,34)(H,31,33). The third-order valence-corrected chi connectivity index (χ3v) is 7.64. The van der Waals surface area contributed by atoms with E-state index >= 15 is 0 Å². The van der Waals surface area contributed by atoms with E-state index in [1.54, 1.807) is 23.7 Å². The minimum Gasteiger partial charge on any atom is -0.391 e. The van der Waals surface area contributed by atoms with Crippen LogP contribution in [0.5, 0.6) is 0 Å². The Hall–Kier alpha value is -3.02. The number of carbonyl (C=O) groups is 2. The van der Waals surface area contributed by atoms with E-state index in [1.807, 2.05) is 23.6 Å². The first-order valence-corrected chi connectivity index (χ1v) is 12.7. The number of hydrogen-bond donors (Lipinski definition) is 4. The van der Waals surface area contributed by atoms with Gasteiger partial charge in [-0.2, -0.15) is 0 Å². The molecule has 3 unspecified atom stereocenters. The van der Waals surface area contributed by atoms with E-state index in [2.05, 4.69) is 15.3 Å². The summed E-state index contributed by atoms with van der Waals surface area (Å²) in [4.78, 5) is 35.0. The van der Waals surface area contributed by atoms with Gasteiger partial charge in [-0.25, -0.2) is 19.2 Å². The Balaban J connectivity index is 1.52.